The summed E-state index contributed by atoms with van der Waals surface area (Å²) in [6.07, 6.45) is 2.23. The summed E-state index contributed by atoms with van der Waals surface area (Å²) in [6, 6.07) is 1.98. The van der Waals surface area contributed by atoms with Crippen LogP contribution in [-0.2, 0) is 16.0 Å². The quantitative estimate of drug-likeness (QED) is 0.796. The Morgan fingerprint density at radius 1 is 1.40 bits per heavy atom. The van der Waals surface area contributed by atoms with Crippen molar-refractivity contribution in [2.75, 3.05) is 33.4 Å². The van der Waals surface area contributed by atoms with Gasteiger partial charge in [0, 0.05) is 38.1 Å². The molecule has 1 atom stereocenters. The largest absolute Gasteiger partial charge is 0.387 e. The smallest absolute Gasteiger partial charge is 0.255 e. The standard InChI is InChI=1S/C19H30N2O4/c1-5-18(23)10-19(25-13-18)11-20(12-19)17(22)16-9-14(2)21(15(16)3)7-6-8-24-4/h9,23H,5-8,10-13H2,1-4H3. The van der Waals surface area contributed by atoms with Crippen molar-refractivity contribution in [2.24, 2.45) is 0 Å². The lowest BCUT2D eigenvalue weighted by atomic mass is 9.83. The van der Waals surface area contributed by atoms with Crippen molar-refractivity contribution in [2.45, 2.75) is 57.8 Å². The van der Waals surface area contributed by atoms with E-state index in [0.717, 1.165) is 29.9 Å². The third-order valence-corrected chi connectivity index (χ3v) is 5.74. The number of methoxy groups -OCH3 is 1. The Morgan fingerprint density at radius 2 is 2.12 bits per heavy atom. The van der Waals surface area contributed by atoms with Gasteiger partial charge in [0.2, 0.25) is 0 Å². The van der Waals surface area contributed by atoms with Crippen molar-refractivity contribution in [3.8, 4) is 0 Å². The maximum Gasteiger partial charge on any atom is 0.255 e. The first-order valence-corrected chi connectivity index (χ1v) is 9.14. The van der Waals surface area contributed by atoms with Crippen molar-refractivity contribution >= 4 is 5.91 Å². The maximum absolute atomic E-state index is 12.9. The van der Waals surface area contributed by atoms with E-state index >= 15 is 0 Å². The SMILES string of the molecule is CCC1(O)COC2(CN(C(=O)c3cc(C)n(CCCOC)c3C)C2)C1. The van der Waals surface area contributed by atoms with Gasteiger partial charge in [0.25, 0.3) is 5.91 Å². The molecule has 2 fully saturated rings. The number of amides is 1. The highest BCUT2D eigenvalue weighted by Gasteiger charge is 2.55. The fourth-order valence-electron chi connectivity index (χ4n) is 4.11. The minimum atomic E-state index is -0.730. The molecular weight excluding hydrogens is 320 g/mol. The van der Waals surface area contributed by atoms with Crippen molar-refractivity contribution in [1.29, 1.82) is 0 Å². The first-order valence-electron chi connectivity index (χ1n) is 9.14. The summed E-state index contributed by atoms with van der Waals surface area (Å²) < 4.78 is 13.2. The van der Waals surface area contributed by atoms with E-state index in [9.17, 15) is 9.90 Å². The zero-order chi connectivity index (χ0) is 18.2. The second-order valence-corrected chi connectivity index (χ2v) is 7.67. The molecule has 2 aliphatic heterocycles. The molecule has 25 heavy (non-hydrogen) atoms. The average molecular weight is 350 g/mol. The number of hydrogen-bond acceptors (Lipinski definition) is 4. The Balaban J connectivity index is 1.65. The van der Waals surface area contributed by atoms with Gasteiger partial charge in [-0.2, -0.15) is 0 Å². The second-order valence-electron chi connectivity index (χ2n) is 7.67. The topological polar surface area (TPSA) is 63.9 Å². The van der Waals surface area contributed by atoms with Crippen molar-refractivity contribution in [3.05, 3.63) is 23.0 Å². The molecule has 3 rings (SSSR count). The van der Waals surface area contributed by atoms with Crippen LogP contribution in [0, 0.1) is 13.8 Å². The zero-order valence-electron chi connectivity index (χ0n) is 15.8. The summed E-state index contributed by atoms with van der Waals surface area (Å²) in [5, 5.41) is 10.4. The molecule has 0 bridgehead atoms. The number of likely N-dealkylation sites (tertiary alicyclic amines) is 1. The minimum absolute atomic E-state index is 0.0623. The molecule has 1 N–H and O–H groups in total. The lowest BCUT2D eigenvalue weighted by Crippen LogP contribution is -2.63. The normalized spacial score (nSPS) is 24.8. The average Bonchev–Trinajstić information content (AvgIpc) is 3.06. The number of carbonyl (C=O) groups excluding carboxylic acids is 1. The number of aliphatic hydroxyl groups is 1. The lowest BCUT2D eigenvalue weighted by molar-refractivity contribution is -0.0956. The number of hydrogen-bond donors (Lipinski definition) is 1. The number of aromatic nitrogens is 1. The van der Waals surface area contributed by atoms with Crippen LogP contribution in [0.15, 0.2) is 6.07 Å². The summed E-state index contributed by atoms with van der Waals surface area (Å²) >= 11 is 0. The molecule has 0 radical (unpaired) electrons. The van der Waals surface area contributed by atoms with Gasteiger partial charge in [0.15, 0.2) is 0 Å². The highest BCUT2D eigenvalue weighted by Crippen LogP contribution is 2.41. The summed E-state index contributed by atoms with van der Waals surface area (Å²) in [7, 11) is 1.70. The van der Waals surface area contributed by atoms with E-state index in [1.807, 2.05) is 31.7 Å². The Hall–Kier alpha value is -1.37. The fraction of sp³-hybridized carbons (Fsp3) is 0.737. The molecule has 1 unspecified atom stereocenters. The first-order chi connectivity index (χ1) is 11.8. The fourth-order valence-corrected chi connectivity index (χ4v) is 4.11. The molecule has 1 aromatic rings. The van der Waals surface area contributed by atoms with Crippen molar-refractivity contribution in [1.82, 2.24) is 9.47 Å². The van der Waals surface area contributed by atoms with Gasteiger partial charge in [-0.25, -0.2) is 0 Å². The Labute approximate surface area is 149 Å². The van der Waals surface area contributed by atoms with Gasteiger partial charge in [-0.3, -0.25) is 4.79 Å². The van der Waals surface area contributed by atoms with Crippen LogP contribution in [0.5, 0.6) is 0 Å². The molecule has 0 saturated carbocycles. The number of ether oxygens (including phenoxy) is 2. The third-order valence-electron chi connectivity index (χ3n) is 5.74. The van der Waals surface area contributed by atoms with Crippen LogP contribution in [0.1, 0.15) is 47.9 Å². The number of rotatable bonds is 6. The van der Waals surface area contributed by atoms with Gasteiger partial charge in [0.05, 0.1) is 30.9 Å². The van der Waals surface area contributed by atoms with E-state index < -0.39 is 5.60 Å². The van der Waals surface area contributed by atoms with Crippen LogP contribution in [0.4, 0.5) is 0 Å². The van der Waals surface area contributed by atoms with Crippen molar-refractivity contribution in [3.63, 3.8) is 0 Å². The molecule has 2 aliphatic rings. The molecule has 1 spiro atoms. The van der Waals surface area contributed by atoms with E-state index in [0.29, 0.717) is 39.1 Å². The lowest BCUT2D eigenvalue weighted by Gasteiger charge is -2.47. The van der Waals surface area contributed by atoms with Gasteiger partial charge in [-0.05, 0) is 32.8 Å². The summed E-state index contributed by atoms with van der Waals surface area (Å²) in [4.78, 5) is 14.7. The zero-order valence-corrected chi connectivity index (χ0v) is 15.8. The highest BCUT2D eigenvalue weighted by atomic mass is 16.5. The predicted molar refractivity (Wildman–Crippen MR) is 94.8 cm³/mol. The van der Waals surface area contributed by atoms with Crippen LogP contribution in [0.3, 0.4) is 0 Å². The van der Waals surface area contributed by atoms with E-state index in [2.05, 4.69) is 4.57 Å². The van der Waals surface area contributed by atoms with Gasteiger partial charge >= 0.3 is 0 Å². The summed E-state index contributed by atoms with van der Waals surface area (Å²) in [5.74, 6) is 0.0623. The van der Waals surface area contributed by atoms with E-state index in [1.165, 1.54) is 0 Å². The molecule has 0 aliphatic carbocycles. The summed E-state index contributed by atoms with van der Waals surface area (Å²) in [5.41, 5.74) is 1.81. The van der Waals surface area contributed by atoms with Crippen LogP contribution >= 0.6 is 0 Å². The molecule has 140 valence electrons. The Bertz CT molecular complexity index is 648. The van der Waals surface area contributed by atoms with Crippen molar-refractivity contribution < 1.29 is 19.4 Å². The second kappa shape index (κ2) is 6.74. The minimum Gasteiger partial charge on any atom is -0.387 e. The number of carbonyl (C=O) groups is 1. The van der Waals surface area contributed by atoms with Gasteiger partial charge in [-0.1, -0.05) is 6.92 Å². The highest BCUT2D eigenvalue weighted by molar-refractivity contribution is 5.96. The molecule has 6 heteroatoms. The molecule has 3 heterocycles. The van der Waals surface area contributed by atoms with E-state index in [4.69, 9.17) is 9.47 Å². The molecular formula is C19H30N2O4. The molecule has 1 aromatic heterocycles. The van der Waals surface area contributed by atoms with Crippen LogP contribution in [0.2, 0.25) is 0 Å². The first kappa shape index (κ1) is 18.4. The van der Waals surface area contributed by atoms with E-state index in [1.54, 1.807) is 7.11 Å². The van der Waals surface area contributed by atoms with E-state index in [-0.39, 0.29) is 11.5 Å². The molecule has 0 aromatic carbocycles. The molecule has 6 nitrogen and oxygen atoms in total. The molecule has 2 saturated heterocycles. The van der Waals surface area contributed by atoms with Crippen LogP contribution in [-0.4, -0.2) is 65.1 Å². The van der Waals surface area contributed by atoms with Gasteiger partial charge in [0.1, 0.15) is 5.60 Å². The Kier molecular flexibility index (Phi) is 4.97. The number of nitrogens with zero attached hydrogens (tertiary/aromatic N) is 2. The maximum atomic E-state index is 12.9. The van der Waals surface area contributed by atoms with Gasteiger partial charge in [-0.15, -0.1) is 0 Å². The monoisotopic (exact) mass is 350 g/mol. The third kappa shape index (κ3) is 3.35. The van der Waals surface area contributed by atoms with Crippen LogP contribution < -0.4 is 0 Å². The van der Waals surface area contributed by atoms with Gasteiger partial charge < -0.3 is 24.0 Å². The number of aryl methyl sites for hydroxylation is 1. The predicted octanol–water partition coefficient (Wildman–Crippen LogP) is 1.90. The van der Waals surface area contributed by atoms with Crippen LogP contribution in [0.25, 0.3) is 0 Å². The molecule has 1 amide bonds. The Morgan fingerprint density at radius 3 is 2.72 bits per heavy atom. The summed E-state index contributed by atoms with van der Waals surface area (Å²) in [6.45, 7) is 9.10.